The summed E-state index contributed by atoms with van der Waals surface area (Å²) in [6.07, 6.45) is 11.4. The molecule has 9 atom stereocenters. The number of ketones is 1. The number of aliphatic carboxylic acids is 1. The Morgan fingerprint density at radius 1 is 0.898 bits per heavy atom. The van der Waals surface area contributed by atoms with E-state index in [9.17, 15) is 24.6 Å². The number of Topliss-reactive ketones (excluding diaryl/α,β-unsaturated/α-hetero) is 1. The van der Waals surface area contributed by atoms with Gasteiger partial charge in [0, 0.05) is 23.8 Å². The molecule has 5 fully saturated rings. The first-order chi connectivity index (χ1) is 22.7. The maximum atomic E-state index is 14.0. The van der Waals surface area contributed by atoms with Crippen molar-refractivity contribution in [3.8, 4) is 0 Å². The first kappa shape index (κ1) is 37.0. The summed E-state index contributed by atoms with van der Waals surface area (Å²) >= 11 is 0. The predicted molar refractivity (Wildman–Crippen MR) is 192 cm³/mol. The highest BCUT2D eigenvalue weighted by molar-refractivity contribution is 6.00. The van der Waals surface area contributed by atoms with Crippen molar-refractivity contribution in [1.29, 1.82) is 0 Å². The quantitative estimate of drug-likeness (QED) is 0.249. The topological polar surface area (TPSA) is 104 Å². The third-order valence-electron chi connectivity index (χ3n) is 16.4. The SMILES string of the molecule is CC(C)C1=C2[C@H]3CCC4[C@@]5(C)CC[C@H](OC(=O)CC(C)(C)C(=O)O)C(C)(C)[C@@H]5CC[C@@]4(C)[C@]3(C)CCC2([C@@H](O)CN2CCCCC2)CC1=O. The number of rotatable bonds is 8. The van der Waals surface area contributed by atoms with Crippen LogP contribution in [0.25, 0.3) is 0 Å². The Morgan fingerprint density at radius 2 is 1.57 bits per heavy atom. The number of carboxylic acids is 1. The number of hydrogen-bond acceptors (Lipinski definition) is 6. The van der Waals surface area contributed by atoms with Crippen molar-refractivity contribution in [3.63, 3.8) is 0 Å². The smallest absolute Gasteiger partial charge is 0.309 e. The van der Waals surface area contributed by atoms with Crippen molar-refractivity contribution in [2.24, 2.45) is 56.2 Å². The molecule has 2 unspecified atom stereocenters. The highest BCUT2D eigenvalue weighted by Gasteiger charge is 2.70. The van der Waals surface area contributed by atoms with Gasteiger partial charge < -0.3 is 19.8 Å². The number of likely N-dealkylation sites (tertiary alicyclic amines) is 1. The van der Waals surface area contributed by atoms with Gasteiger partial charge in [-0.05, 0) is 137 Å². The van der Waals surface area contributed by atoms with E-state index in [1.165, 1.54) is 24.8 Å². The number of carbonyl (C=O) groups is 3. The third-order valence-corrected chi connectivity index (χ3v) is 16.4. The third kappa shape index (κ3) is 5.60. The molecule has 2 N–H and O–H groups in total. The lowest BCUT2D eigenvalue weighted by Crippen LogP contribution is -2.66. The molecule has 1 heterocycles. The molecule has 276 valence electrons. The van der Waals surface area contributed by atoms with Gasteiger partial charge in [-0.3, -0.25) is 14.4 Å². The predicted octanol–water partition coefficient (Wildman–Crippen LogP) is 8.23. The summed E-state index contributed by atoms with van der Waals surface area (Å²) in [5.74, 6) is 0.286. The molecule has 1 saturated heterocycles. The normalized spacial score (nSPS) is 41.4. The number of allylic oxidation sites excluding steroid dienone is 1. The zero-order valence-corrected chi connectivity index (χ0v) is 32.3. The molecule has 1 aliphatic heterocycles. The Balaban J connectivity index is 1.29. The molecule has 0 amide bonds. The second kappa shape index (κ2) is 12.5. The molecule has 0 bridgehead atoms. The zero-order chi connectivity index (χ0) is 35.9. The van der Waals surface area contributed by atoms with Crippen molar-refractivity contribution in [3.05, 3.63) is 11.1 Å². The summed E-state index contributed by atoms with van der Waals surface area (Å²) in [7, 11) is 0. The lowest BCUT2D eigenvalue weighted by atomic mass is 9.33. The molecule has 6 aliphatic rings. The lowest BCUT2D eigenvalue weighted by Gasteiger charge is -2.72. The van der Waals surface area contributed by atoms with Gasteiger partial charge in [0.05, 0.1) is 17.9 Å². The van der Waals surface area contributed by atoms with Gasteiger partial charge in [-0.15, -0.1) is 0 Å². The van der Waals surface area contributed by atoms with E-state index in [0.29, 0.717) is 30.7 Å². The summed E-state index contributed by atoms with van der Waals surface area (Å²) in [6.45, 7) is 22.6. The van der Waals surface area contributed by atoms with Gasteiger partial charge >= 0.3 is 11.9 Å². The highest BCUT2D eigenvalue weighted by atomic mass is 16.5. The van der Waals surface area contributed by atoms with Crippen LogP contribution in [0.5, 0.6) is 0 Å². The zero-order valence-electron chi connectivity index (χ0n) is 32.3. The van der Waals surface area contributed by atoms with E-state index in [0.717, 1.165) is 70.0 Å². The van der Waals surface area contributed by atoms with Crippen LogP contribution in [0.4, 0.5) is 0 Å². The van der Waals surface area contributed by atoms with Crippen LogP contribution in [0.3, 0.4) is 0 Å². The Hall–Kier alpha value is -1.73. The van der Waals surface area contributed by atoms with Gasteiger partial charge in [0.15, 0.2) is 5.78 Å². The molecule has 7 heteroatoms. The molecule has 5 aliphatic carbocycles. The number of nitrogens with zero attached hydrogens (tertiary/aromatic N) is 1. The Morgan fingerprint density at radius 3 is 2.20 bits per heavy atom. The van der Waals surface area contributed by atoms with E-state index in [1.807, 2.05) is 0 Å². The van der Waals surface area contributed by atoms with Gasteiger partial charge in [-0.25, -0.2) is 0 Å². The molecule has 4 saturated carbocycles. The summed E-state index contributed by atoms with van der Waals surface area (Å²) < 4.78 is 6.17. The van der Waals surface area contributed by atoms with E-state index in [1.54, 1.807) is 13.8 Å². The first-order valence-electron chi connectivity index (χ1n) is 19.9. The van der Waals surface area contributed by atoms with Gasteiger partial charge in [0.2, 0.25) is 0 Å². The van der Waals surface area contributed by atoms with Gasteiger partial charge in [0.1, 0.15) is 6.10 Å². The molecular formula is C42H67NO6. The maximum absolute atomic E-state index is 14.0. The number of carboxylic acid groups (broad SMARTS) is 1. The summed E-state index contributed by atoms with van der Waals surface area (Å²) in [6, 6.07) is 0. The van der Waals surface area contributed by atoms with Crippen molar-refractivity contribution in [2.75, 3.05) is 19.6 Å². The van der Waals surface area contributed by atoms with Crippen molar-refractivity contribution >= 4 is 17.7 Å². The number of aliphatic hydroxyl groups is 1. The van der Waals surface area contributed by atoms with E-state index in [-0.39, 0.29) is 45.9 Å². The molecule has 0 aromatic carbocycles. The van der Waals surface area contributed by atoms with Crippen LogP contribution in [0, 0.1) is 56.2 Å². The average molecular weight is 682 g/mol. The number of β-amino-alcohol motifs (C(OH)–C–C–N with tert-alkyl or cyclic N) is 1. The summed E-state index contributed by atoms with van der Waals surface area (Å²) in [5, 5.41) is 21.8. The number of aliphatic hydroxyl groups excluding tert-OH is 1. The minimum absolute atomic E-state index is 0.0359. The molecule has 0 aromatic rings. The van der Waals surface area contributed by atoms with Crippen LogP contribution in [0.2, 0.25) is 0 Å². The van der Waals surface area contributed by atoms with Crippen LogP contribution in [-0.2, 0) is 19.1 Å². The molecule has 49 heavy (non-hydrogen) atoms. The second-order valence-electron chi connectivity index (χ2n) is 19.9. The first-order valence-corrected chi connectivity index (χ1v) is 19.9. The number of ether oxygens (including phenoxy) is 1. The van der Waals surface area contributed by atoms with E-state index < -0.39 is 28.9 Å². The molecule has 7 nitrogen and oxygen atoms in total. The van der Waals surface area contributed by atoms with Gasteiger partial charge in [0.25, 0.3) is 0 Å². The molecule has 0 aromatic heterocycles. The Bertz CT molecular complexity index is 1370. The lowest BCUT2D eigenvalue weighted by molar-refractivity contribution is -0.235. The van der Waals surface area contributed by atoms with E-state index in [4.69, 9.17) is 4.74 Å². The molecule has 0 radical (unpaired) electrons. The van der Waals surface area contributed by atoms with Crippen molar-refractivity contribution in [2.45, 2.75) is 158 Å². The number of piperidine rings is 1. The molecular weight excluding hydrogens is 614 g/mol. The maximum Gasteiger partial charge on any atom is 0.309 e. The van der Waals surface area contributed by atoms with Gasteiger partial charge in [-0.2, -0.15) is 0 Å². The second-order valence-corrected chi connectivity index (χ2v) is 19.9. The fourth-order valence-electron chi connectivity index (χ4n) is 13.5. The van der Waals surface area contributed by atoms with Crippen LogP contribution in [0.15, 0.2) is 11.1 Å². The monoisotopic (exact) mass is 681 g/mol. The Labute approximate surface area is 296 Å². The standard InChI is InChI=1S/C42H67NO6/c1-26(2)34-28(44)23-42(31(45)25-43-21-11-10-12-22-43)20-19-40(8)27(35(34)42)13-14-30-39(7)17-16-32(49-33(46)24-37(3,4)36(47)48)38(5,6)29(39)15-18-41(30,40)9/h26-27,29-32,45H,10-25H2,1-9H3,(H,47,48)/t27-,29+,30?,31+,32+,39+,40-,41-,42?/m1/s1. The van der Waals surface area contributed by atoms with Crippen LogP contribution >= 0.6 is 0 Å². The van der Waals surface area contributed by atoms with Crippen LogP contribution < -0.4 is 0 Å². The number of hydrogen-bond donors (Lipinski definition) is 2. The average Bonchev–Trinajstić information content (AvgIpc) is 3.32. The van der Waals surface area contributed by atoms with Crippen LogP contribution in [0.1, 0.15) is 146 Å². The summed E-state index contributed by atoms with van der Waals surface area (Å²) in [4.78, 5) is 41.3. The number of esters is 1. The molecule has 0 spiro atoms. The minimum atomic E-state index is -1.15. The van der Waals surface area contributed by atoms with E-state index >= 15 is 0 Å². The van der Waals surface area contributed by atoms with Crippen LogP contribution in [-0.4, -0.2) is 64.7 Å². The fraction of sp³-hybridized carbons (Fsp3) is 0.881. The number of carbonyl (C=O) groups excluding carboxylic acids is 2. The van der Waals surface area contributed by atoms with Gasteiger partial charge in [-0.1, -0.05) is 60.5 Å². The summed E-state index contributed by atoms with van der Waals surface area (Å²) in [5.41, 5.74) is 0.828. The Kier molecular flexibility index (Phi) is 9.41. The van der Waals surface area contributed by atoms with Crippen molar-refractivity contribution < 1.29 is 29.3 Å². The van der Waals surface area contributed by atoms with Crippen molar-refractivity contribution in [1.82, 2.24) is 4.90 Å². The number of fused-ring (bicyclic) bond motifs is 7. The van der Waals surface area contributed by atoms with E-state index in [2.05, 4.69) is 53.4 Å². The minimum Gasteiger partial charge on any atom is -0.481 e. The largest absolute Gasteiger partial charge is 0.481 e. The fourth-order valence-corrected chi connectivity index (χ4v) is 13.5. The highest BCUT2D eigenvalue weighted by Crippen LogP contribution is 2.77. The molecule has 6 rings (SSSR count).